The standard InChI is InChI=1S/C10H17N5O2/c11-14-13-5-4-12-10(9(16)17)3-7-15-6-1-2-8(10)15/h8,12H,1-7H2,(H,16,17). The number of nitrogens with one attached hydrogen (secondary N) is 1. The third kappa shape index (κ3) is 2.09. The number of aliphatic carboxylic acids is 1. The number of nitrogens with zero attached hydrogens (tertiary/aromatic N) is 4. The van der Waals surface area contributed by atoms with Crippen LogP contribution >= 0.6 is 0 Å². The number of rotatable bonds is 5. The molecular weight excluding hydrogens is 222 g/mol. The van der Waals surface area contributed by atoms with Gasteiger partial charge in [-0.05, 0) is 31.3 Å². The minimum atomic E-state index is -0.846. The van der Waals surface area contributed by atoms with Crippen molar-refractivity contribution in [1.29, 1.82) is 0 Å². The number of hydrogen-bond donors (Lipinski definition) is 2. The summed E-state index contributed by atoms with van der Waals surface area (Å²) in [7, 11) is 0. The average Bonchev–Trinajstić information content (AvgIpc) is 2.87. The Morgan fingerprint density at radius 2 is 2.47 bits per heavy atom. The lowest BCUT2D eigenvalue weighted by Gasteiger charge is -2.32. The fraction of sp³-hybridized carbons (Fsp3) is 0.900. The van der Waals surface area contributed by atoms with Crippen LogP contribution in [0, 0.1) is 0 Å². The molecule has 2 aliphatic heterocycles. The van der Waals surface area contributed by atoms with Gasteiger partial charge in [0.25, 0.3) is 0 Å². The Balaban J connectivity index is 2.05. The summed E-state index contributed by atoms with van der Waals surface area (Å²) in [5.41, 5.74) is 7.34. The van der Waals surface area contributed by atoms with Crippen LogP contribution in [0.15, 0.2) is 5.11 Å². The van der Waals surface area contributed by atoms with Crippen LogP contribution in [-0.4, -0.2) is 53.7 Å². The first-order chi connectivity index (χ1) is 8.20. The van der Waals surface area contributed by atoms with Crippen LogP contribution in [0.2, 0.25) is 0 Å². The maximum Gasteiger partial charge on any atom is 0.325 e. The van der Waals surface area contributed by atoms with Crippen LogP contribution in [0.1, 0.15) is 19.3 Å². The van der Waals surface area contributed by atoms with E-state index in [1.54, 1.807) is 0 Å². The Kier molecular flexibility index (Phi) is 3.51. The van der Waals surface area contributed by atoms with Gasteiger partial charge in [-0.25, -0.2) is 0 Å². The summed E-state index contributed by atoms with van der Waals surface area (Å²) in [4.78, 5) is 16.4. The SMILES string of the molecule is [N-]=[N+]=NCCNC1(C(=O)O)CCN2CCCC21. The van der Waals surface area contributed by atoms with E-state index in [2.05, 4.69) is 20.2 Å². The van der Waals surface area contributed by atoms with E-state index in [1.165, 1.54) is 0 Å². The molecule has 2 N–H and O–H groups in total. The molecule has 17 heavy (non-hydrogen) atoms. The number of carboxylic acids is 1. The van der Waals surface area contributed by atoms with Crippen molar-refractivity contribution < 1.29 is 9.90 Å². The molecule has 7 heteroatoms. The zero-order chi connectivity index (χ0) is 12.3. The molecule has 7 nitrogen and oxygen atoms in total. The van der Waals surface area contributed by atoms with Crippen LogP contribution in [0.3, 0.4) is 0 Å². The molecule has 0 radical (unpaired) electrons. The summed E-state index contributed by atoms with van der Waals surface area (Å²) in [6, 6.07) is 0.0889. The van der Waals surface area contributed by atoms with Crippen molar-refractivity contribution in [2.75, 3.05) is 26.2 Å². The van der Waals surface area contributed by atoms with Crippen molar-refractivity contribution in [3.63, 3.8) is 0 Å². The van der Waals surface area contributed by atoms with Gasteiger partial charge in [-0.15, -0.1) is 0 Å². The molecule has 0 aromatic carbocycles. The second kappa shape index (κ2) is 4.91. The molecular formula is C10H17N5O2. The lowest BCUT2D eigenvalue weighted by Crippen LogP contribution is -2.59. The van der Waals surface area contributed by atoms with Gasteiger partial charge in [-0.2, -0.15) is 0 Å². The lowest BCUT2D eigenvalue weighted by atomic mass is 9.88. The van der Waals surface area contributed by atoms with Crippen molar-refractivity contribution in [2.45, 2.75) is 30.8 Å². The third-order valence-electron chi connectivity index (χ3n) is 3.82. The Morgan fingerprint density at radius 3 is 3.18 bits per heavy atom. The van der Waals surface area contributed by atoms with E-state index in [9.17, 15) is 9.90 Å². The van der Waals surface area contributed by atoms with Gasteiger partial charge >= 0.3 is 5.97 Å². The molecule has 2 aliphatic rings. The maximum atomic E-state index is 11.5. The van der Waals surface area contributed by atoms with E-state index in [0.717, 1.165) is 25.9 Å². The smallest absolute Gasteiger partial charge is 0.325 e. The minimum absolute atomic E-state index is 0.0889. The zero-order valence-corrected chi connectivity index (χ0v) is 9.67. The minimum Gasteiger partial charge on any atom is -0.480 e. The van der Waals surface area contributed by atoms with Gasteiger partial charge in [0.1, 0.15) is 5.54 Å². The average molecular weight is 239 g/mol. The van der Waals surface area contributed by atoms with Crippen molar-refractivity contribution in [2.24, 2.45) is 5.11 Å². The van der Waals surface area contributed by atoms with Crippen LogP contribution < -0.4 is 5.32 Å². The van der Waals surface area contributed by atoms with Crippen LogP contribution in [0.4, 0.5) is 0 Å². The molecule has 2 fully saturated rings. The van der Waals surface area contributed by atoms with E-state index in [-0.39, 0.29) is 12.6 Å². The molecule has 2 unspecified atom stereocenters. The van der Waals surface area contributed by atoms with E-state index in [1.807, 2.05) is 0 Å². The molecule has 2 rings (SSSR count). The van der Waals surface area contributed by atoms with E-state index in [0.29, 0.717) is 13.0 Å². The molecule has 94 valence electrons. The Bertz CT molecular complexity index is 355. The molecule has 0 spiro atoms. The Hall–Kier alpha value is -1.30. The molecule has 0 saturated carbocycles. The topological polar surface area (TPSA) is 101 Å². The number of carboxylic acid groups (broad SMARTS) is 1. The van der Waals surface area contributed by atoms with Crippen molar-refractivity contribution >= 4 is 5.97 Å². The van der Waals surface area contributed by atoms with Crippen LogP contribution in [0.5, 0.6) is 0 Å². The largest absolute Gasteiger partial charge is 0.480 e. The molecule has 0 amide bonds. The first kappa shape index (κ1) is 12.2. The summed E-state index contributed by atoms with van der Waals surface area (Å²) in [5.74, 6) is -0.784. The van der Waals surface area contributed by atoms with Crippen LogP contribution in [0.25, 0.3) is 10.4 Å². The van der Waals surface area contributed by atoms with Gasteiger partial charge in [-0.3, -0.25) is 9.69 Å². The van der Waals surface area contributed by atoms with Gasteiger partial charge in [0.15, 0.2) is 0 Å². The summed E-state index contributed by atoms with van der Waals surface area (Å²) in [5, 5.41) is 16.0. The predicted octanol–water partition coefficient (Wildman–Crippen LogP) is 0.578. The highest BCUT2D eigenvalue weighted by Gasteiger charge is 2.53. The lowest BCUT2D eigenvalue weighted by molar-refractivity contribution is -0.145. The summed E-state index contributed by atoms with van der Waals surface area (Å²) < 4.78 is 0. The molecule has 0 aromatic rings. The number of azide groups is 1. The molecule has 0 aromatic heterocycles. The van der Waals surface area contributed by atoms with Crippen molar-refractivity contribution in [3.8, 4) is 0 Å². The number of hydrogen-bond acceptors (Lipinski definition) is 4. The van der Waals surface area contributed by atoms with E-state index >= 15 is 0 Å². The van der Waals surface area contributed by atoms with Gasteiger partial charge in [0.2, 0.25) is 0 Å². The summed E-state index contributed by atoms with van der Waals surface area (Å²) >= 11 is 0. The fourth-order valence-electron chi connectivity index (χ4n) is 3.04. The highest BCUT2D eigenvalue weighted by molar-refractivity contribution is 5.80. The Morgan fingerprint density at radius 1 is 1.65 bits per heavy atom. The third-order valence-corrected chi connectivity index (χ3v) is 3.82. The first-order valence-electron chi connectivity index (χ1n) is 5.94. The monoisotopic (exact) mass is 239 g/mol. The maximum absolute atomic E-state index is 11.5. The summed E-state index contributed by atoms with van der Waals surface area (Å²) in [6.45, 7) is 2.54. The number of fused-ring (bicyclic) bond motifs is 1. The van der Waals surface area contributed by atoms with Gasteiger partial charge in [0, 0.05) is 30.6 Å². The molecule has 2 atom stereocenters. The Labute approximate surface area is 99.4 Å². The molecule has 0 bridgehead atoms. The van der Waals surface area contributed by atoms with Gasteiger partial charge in [-0.1, -0.05) is 5.11 Å². The van der Waals surface area contributed by atoms with E-state index in [4.69, 9.17) is 5.53 Å². The number of carbonyl (C=O) groups is 1. The summed E-state index contributed by atoms with van der Waals surface area (Å²) in [6.07, 6.45) is 2.63. The van der Waals surface area contributed by atoms with Gasteiger partial charge in [0.05, 0.1) is 0 Å². The fourth-order valence-corrected chi connectivity index (χ4v) is 3.04. The molecule has 0 aliphatic carbocycles. The van der Waals surface area contributed by atoms with E-state index < -0.39 is 11.5 Å². The molecule has 2 saturated heterocycles. The normalized spacial score (nSPS) is 32.1. The quantitative estimate of drug-likeness (QED) is 0.317. The van der Waals surface area contributed by atoms with Crippen LogP contribution in [-0.2, 0) is 4.79 Å². The zero-order valence-electron chi connectivity index (χ0n) is 9.67. The first-order valence-corrected chi connectivity index (χ1v) is 5.94. The van der Waals surface area contributed by atoms with Crippen molar-refractivity contribution in [1.82, 2.24) is 10.2 Å². The second-order valence-corrected chi connectivity index (χ2v) is 4.60. The van der Waals surface area contributed by atoms with Gasteiger partial charge < -0.3 is 10.4 Å². The highest BCUT2D eigenvalue weighted by atomic mass is 16.4. The van der Waals surface area contributed by atoms with Crippen molar-refractivity contribution in [3.05, 3.63) is 10.4 Å². The molecule has 2 heterocycles. The predicted molar refractivity (Wildman–Crippen MR) is 61.6 cm³/mol. The second-order valence-electron chi connectivity index (χ2n) is 4.60. The highest BCUT2D eigenvalue weighted by Crippen LogP contribution is 2.36.